The highest BCUT2D eigenvalue weighted by Crippen LogP contribution is 2.28. The molecule has 1 heterocycles. The van der Waals surface area contributed by atoms with Gasteiger partial charge in [0.05, 0.1) is 7.11 Å². The summed E-state index contributed by atoms with van der Waals surface area (Å²) in [6.07, 6.45) is 3.59. The number of anilines is 1. The van der Waals surface area contributed by atoms with E-state index in [1.807, 2.05) is 30.3 Å². The number of benzene rings is 1. The highest BCUT2D eigenvalue weighted by molar-refractivity contribution is 7.98. The van der Waals surface area contributed by atoms with Crippen molar-refractivity contribution < 1.29 is 4.74 Å². The first-order chi connectivity index (χ1) is 8.29. The fourth-order valence-electron chi connectivity index (χ4n) is 1.48. The molecule has 17 heavy (non-hydrogen) atoms. The molecular formula is C13H14N2OS. The van der Waals surface area contributed by atoms with Gasteiger partial charge in [0.1, 0.15) is 5.75 Å². The Bertz CT molecular complexity index is 488. The first-order valence-electron chi connectivity index (χ1n) is 5.25. The van der Waals surface area contributed by atoms with Gasteiger partial charge in [-0.2, -0.15) is 0 Å². The minimum Gasteiger partial charge on any atom is -0.496 e. The zero-order chi connectivity index (χ0) is 12.1. The number of hydrogen-bond acceptors (Lipinski definition) is 4. The lowest BCUT2D eigenvalue weighted by molar-refractivity contribution is 0.411. The average Bonchev–Trinajstić information content (AvgIpc) is 2.38. The highest BCUT2D eigenvalue weighted by atomic mass is 32.2. The van der Waals surface area contributed by atoms with Crippen LogP contribution in [0, 0.1) is 0 Å². The minimum absolute atomic E-state index is 0.722. The van der Waals surface area contributed by atoms with Crippen molar-refractivity contribution in [2.45, 2.75) is 10.6 Å². The van der Waals surface area contributed by atoms with Crippen LogP contribution in [0.2, 0.25) is 0 Å². The Kier molecular flexibility index (Phi) is 3.88. The predicted molar refractivity (Wildman–Crippen MR) is 71.2 cm³/mol. The minimum atomic E-state index is 0.722. The first kappa shape index (κ1) is 11.8. The molecule has 1 aromatic carbocycles. The van der Waals surface area contributed by atoms with Crippen molar-refractivity contribution in [2.75, 3.05) is 12.8 Å². The third-order valence-corrected chi connectivity index (χ3v) is 3.42. The van der Waals surface area contributed by atoms with Gasteiger partial charge in [0.25, 0.3) is 0 Å². The molecule has 0 aliphatic carbocycles. The fraction of sp³-hybridized carbons (Fsp3) is 0.154. The molecule has 0 spiro atoms. The third kappa shape index (κ3) is 3.14. The average molecular weight is 246 g/mol. The molecule has 0 unspecified atom stereocenters. The SMILES string of the molecule is COc1cc(N)ccc1CSc1ccncc1. The van der Waals surface area contributed by atoms with Gasteiger partial charge in [0.15, 0.2) is 0 Å². The molecule has 1 aromatic heterocycles. The van der Waals surface area contributed by atoms with Crippen molar-refractivity contribution in [3.63, 3.8) is 0 Å². The summed E-state index contributed by atoms with van der Waals surface area (Å²) in [6.45, 7) is 0. The fourth-order valence-corrected chi connectivity index (χ4v) is 2.35. The third-order valence-electron chi connectivity index (χ3n) is 2.36. The summed E-state index contributed by atoms with van der Waals surface area (Å²) in [7, 11) is 1.66. The molecule has 88 valence electrons. The van der Waals surface area contributed by atoms with Crippen LogP contribution < -0.4 is 10.5 Å². The van der Waals surface area contributed by atoms with Crippen molar-refractivity contribution in [1.82, 2.24) is 4.98 Å². The van der Waals surface area contributed by atoms with Gasteiger partial charge in [0.2, 0.25) is 0 Å². The van der Waals surface area contributed by atoms with Crippen LogP contribution >= 0.6 is 11.8 Å². The second-order valence-corrected chi connectivity index (χ2v) is 4.59. The van der Waals surface area contributed by atoms with Crippen LogP contribution in [0.25, 0.3) is 0 Å². The molecule has 4 heteroatoms. The molecule has 2 N–H and O–H groups in total. The molecule has 0 amide bonds. The molecule has 0 aliphatic heterocycles. The Labute approximate surface area is 105 Å². The normalized spacial score (nSPS) is 10.2. The predicted octanol–water partition coefficient (Wildman–Crippen LogP) is 2.96. The van der Waals surface area contributed by atoms with Crippen LogP contribution in [0.1, 0.15) is 5.56 Å². The monoisotopic (exact) mass is 246 g/mol. The van der Waals surface area contributed by atoms with Crippen LogP contribution in [0.5, 0.6) is 5.75 Å². The van der Waals surface area contributed by atoms with Crippen molar-refractivity contribution in [3.8, 4) is 5.75 Å². The number of rotatable bonds is 4. The molecule has 0 bridgehead atoms. The summed E-state index contributed by atoms with van der Waals surface area (Å²) >= 11 is 1.75. The summed E-state index contributed by atoms with van der Waals surface area (Å²) in [5, 5.41) is 0. The second-order valence-electron chi connectivity index (χ2n) is 3.54. The number of nitrogens with two attached hydrogens (primary N) is 1. The van der Waals surface area contributed by atoms with Crippen LogP contribution in [0.4, 0.5) is 5.69 Å². The first-order valence-corrected chi connectivity index (χ1v) is 6.23. The van der Waals surface area contributed by atoms with E-state index in [2.05, 4.69) is 4.98 Å². The molecule has 0 atom stereocenters. The molecule has 2 aromatic rings. The molecule has 0 saturated carbocycles. The van der Waals surface area contributed by atoms with Crippen LogP contribution in [-0.4, -0.2) is 12.1 Å². The number of thioether (sulfide) groups is 1. The molecule has 0 aliphatic rings. The summed E-state index contributed by atoms with van der Waals surface area (Å²) in [6, 6.07) is 9.73. The Hall–Kier alpha value is -1.68. The van der Waals surface area contributed by atoms with Gasteiger partial charge >= 0.3 is 0 Å². The van der Waals surface area contributed by atoms with Crippen molar-refractivity contribution in [2.24, 2.45) is 0 Å². The van der Waals surface area contributed by atoms with Crippen LogP contribution in [0.15, 0.2) is 47.6 Å². The van der Waals surface area contributed by atoms with E-state index in [1.54, 1.807) is 31.3 Å². The van der Waals surface area contributed by atoms with Crippen molar-refractivity contribution >= 4 is 17.4 Å². The number of aromatic nitrogens is 1. The number of hydrogen-bond donors (Lipinski definition) is 1. The van der Waals surface area contributed by atoms with E-state index in [-0.39, 0.29) is 0 Å². The number of nitrogen functional groups attached to an aromatic ring is 1. The van der Waals surface area contributed by atoms with Crippen molar-refractivity contribution in [1.29, 1.82) is 0 Å². The van der Waals surface area contributed by atoms with Crippen molar-refractivity contribution in [3.05, 3.63) is 48.3 Å². The second kappa shape index (κ2) is 5.59. The lowest BCUT2D eigenvalue weighted by Gasteiger charge is -2.08. The largest absolute Gasteiger partial charge is 0.496 e. The molecule has 2 rings (SSSR count). The van der Waals surface area contributed by atoms with E-state index in [0.29, 0.717) is 0 Å². The summed E-state index contributed by atoms with van der Waals surface area (Å²) in [5.74, 6) is 1.69. The quantitative estimate of drug-likeness (QED) is 0.665. The maximum atomic E-state index is 5.72. The standard InChI is InChI=1S/C13H14N2OS/c1-16-13-8-11(14)3-2-10(13)9-17-12-4-6-15-7-5-12/h2-8H,9,14H2,1H3. The van der Waals surface area contributed by atoms with Gasteiger partial charge in [-0.1, -0.05) is 6.07 Å². The maximum Gasteiger partial charge on any atom is 0.124 e. The molecule has 0 fully saturated rings. The van der Waals surface area contributed by atoms with Gasteiger partial charge in [-0.3, -0.25) is 4.98 Å². The van der Waals surface area contributed by atoms with E-state index in [9.17, 15) is 0 Å². The van der Waals surface area contributed by atoms with Gasteiger partial charge < -0.3 is 10.5 Å². The summed E-state index contributed by atoms with van der Waals surface area (Å²) in [5.41, 5.74) is 7.58. The topological polar surface area (TPSA) is 48.1 Å². The zero-order valence-electron chi connectivity index (χ0n) is 9.59. The van der Waals surface area contributed by atoms with E-state index in [1.165, 1.54) is 4.90 Å². The lowest BCUT2D eigenvalue weighted by atomic mass is 10.2. The maximum absolute atomic E-state index is 5.72. The highest BCUT2D eigenvalue weighted by Gasteiger charge is 2.04. The van der Waals surface area contributed by atoms with Crippen LogP contribution in [-0.2, 0) is 5.75 Å². The molecular weight excluding hydrogens is 232 g/mol. The molecule has 0 saturated heterocycles. The Balaban J connectivity index is 2.09. The Morgan fingerprint density at radius 3 is 2.71 bits per heavy atom. The summed E-state index contributed by atoms with van der Waals surface area (Å²) in [4.78, 5) is 5.18. The Morgan fingerprint density at radius 1 is 1.24 bits per heavy atom. The number of methoxy groups -OCH3 is 1. The van der Waals surface area contributed by atoms with E-state index >= 15 is 0 Å². The zero-order valence-corrected chi connectivity index (χ0v) is 10.4. The van der Waals surface area contributed by atoms with E-state index in [0.717, 1.165) is 22.8 Å². The van der Waals surface area contributed by atoms with Gasteiger partial charge in [0, 0.05) is 40.4 Å². The summed E-state index contributed by atoms with van der Waals surface area (Å²) < 4.78 is 5.31. The lowest BCUT2D eigenvalue weighted by Crippen LogP contribution is -1.93. The van der Waals surface area contributed by atoms with E-state index in [4.69, 9.17) is 10.5 Å². The van der Waals surface area contributed by atoms with Gasteiger partial charge in [-0.25, -0.2) is 0 Å². The Morgan fingerprint density at radius 2 is 2.00 bits per heavy atom. The number of ether oxygens (including phenoxy) is 1. The van der Waals surface area contributed by atoms with E-state index < -0.39 is 0 Å². The van der Waals surface area contributed by atoms with Crippen LogP contribution in [0.3, 0.4) is 0 Å². The number of pyridine rings is 1. The number of nitrogens with zero attached hydrogens (tertiary/aromatic N) is 1. The van der Waals surface area contributed by atoms with Gasteiger partial charge in [-0.15, -0.1) is 11.8 Å². The molecule has 3 nitrogen and oxygen atoms in total. The molecule has 0 radical (unpaired) electrons. The van der Waals surface area contributed by atoms with Gasteiger partial charge in [-0.05, 0) is 18.2 Å². The smallest absolute Gasteiger partial charge is 0.124 e.